The third-order valence-corrected chi connectivity index (χ3v) is 3.21. The molecule has 3 nitrogen and oxygen atoms in total. The van der Waals surface area contributed by atoms with Gasteiger partial charge in [0.05, 0.1) is 19.3 Å². The minimum absolute atomic E-state index is 0.350. The largest absolute Gasteiger partial charge is 0.325 e. The molecule has 0 saturated carbocycles. The minimum atomic E-state index is -0.658. The highest BCUT2D eigenvalue weighted by Gasteiger charge is 2.42. The van der Waals surface area contributed by atoms with E-state index in [1.807, 2.05) is 0 Å². The maximum atomic E-state index is 5.94. The van der Waals surface area contributed by atoms with Crippen molar-refractivity contribution in [1.29, 1.82) is 0 Å². The molecule has 1 spiro atoms. The van der Waals surface area contributed by atoms with Gasteiger partial charge in [0.25, 0.3) is 5.97 Å². The fourth-order valence-electron chi connectivity index (χ4n) is 2.39. The summed E-state index contributed by atoms with van der Waals surface area (Å²) in [5, 5.41) is 0. The summed E-state index contributed by atoms with van der Waals surface area (Å²) in [7, 11) is 0. The number of unbranched alkanes of at least 4 members (excludes halogenated alkanes) is 2. The zero-order valence-corrected chi connectivity index (χ0v) is 9.67. The summed E-state index contributed by atoms with van der Waals surface area (Å²) in [6.07, 6.45) is 8.56. The van der Waals surface area contributed by atoms with Gasteiger partial charge in [-0.15, -0.1) is 0 Å². The average molecular weight is 214 g/mol. The molecule has 0 aromatic rings. The van der Waals surface area contributed by atoms with Crippen molar-refractivity contribution in [1.82, 2.24) is 0 Å². The second kappa shape index (κ2) is 5.28. The quantitative estimate of drug-likeness (QED) is 0.673. The van der Waals surface area contributed by atoms with Crippen molar-refractivity contribution in [3.63, 3.8) is 0 Å². The molecule has 2 rings (SSSR count). The van der Waals surface area contributed by atoms with E-state index < -0.39 is 5.97 Å². The Morgan fingerprint density at radius 3 is 2.73 bits per heavy atom. The number of ether oxygens (including phenoxy) is 3. The Bertz CT molecular complexity index is 187. The number of hydrogen-bond acceptors (Lipinski definition) is 3. The highest BCUT2D eigenvalue weighted by Crippen LogP contribution is 2.35. The summed E-state index contributed by atoms with van der Waals surface area (Å²) in [6.45, 7) is 3.59. The maximum Gasteiger partial charge on any atom is 0.283 e. The molecule has 2 saturated heterocycles. The standard InChI is InChI=1S/C12H22O3/c1-2-3-4-6-11-7-5-8-12(15-11)13-9-10-14-12/h11H,2-10H2,1H3. The van der Waals surface area contributed by atoms with Crippen LogP contribution in [0.15, 0.2) is 0 Å². The first-order chi connectivity index (χ1) is 7.35. The fourth-order valence-corrected chi connectivity index (χ4v) is 2.39. The van der Waals surface area contributed by atoms with Crippen molar-refractivity contribution >= 4 is 0 Å². The molecular weight excluding hydrogens is 192 g/mol. The molecule has 15 heavy (non-hydrogen) atoms. The summed E-state index contributed by atoms with van der Waals surface area (Å²) in [4.78, 5) is 0. The number of hydrogen-bond donors (Lipinski definition) is 0. The molecule has 2 aliphatic heterocycles. The molecule has 1 unspecified atom stereocenters. The third kappa shape index (κ3) is 2.92. The first kappa shape index (κ1) is 11.4. The van der Waals surface area contributed by atoms with Crippen LogP contribution < -0.4 is 0 Å². The van der Waals surface area contributed by atoms with Crippen LogP contribution in [0.3, 0.4) is 0 Å². The highest BCUT2D eigenvalue weighted by molar-refractivity contribution is 4.74. The smallest absolute Gasteiger partial charge is 0.283 e. The zero-order chi connectivity index (χ0) is 10.6. The van der Waals surface area contributed by atoms with E-state index >= 15 is 0 Å². The van der Waals surface area contributed by atoms with E-state index in [2.05, 4.69) is 6.92 Å². The van der Waals surface area contributed by atoms with Gasteiger partial charge >= 0.3 is 0 Å². The van der Waals surface area contributed by atoms with Crippen molar-refractivity contribution in [2.24, 2.45) is 0 Å². The molecule has 3 heteroatoms. The van der Waals surface area contributed by atoms with Crippen LogP contribution in [0.1, 0.15) is 51.9 Å². The maximum absolute atomic E-state index is 5.94. The van der Waals surface area contributed by atoms with E-state index in [-0.39, 0.29) is 0 Å². The Balaban J connectivity index is 1.76. The number of rotatable bonds is 4. The van der Waals surface area contributed by atoms with Crippen LogP contribution in [0.5, 0.6) is 0 Å². The Kier molecular flexibility index (Phi) is 4.00. The van der Waals surface area contributed by atoms with Gasteiger partial charge in [-0.25, -0.2) is 0 Å². The lowest BCUT2D eigenvalue weighted by Gasteiger charge is -2.36. The molecule has 0 aromatic heterocycles. The zero-order valence-electron chi connectivity index (χ0n) is 9.67. The van der Waals surface area contributed by atoms with Crippen LogP contribution in [0.4, 0.5) is 0 Å². The molecular formula is C12H22O3. The van der Waals surface area contributed by atoms with E-state index in [1.165, 1.54) is 19.3 Å². The lowest BCUT2D eigenvalue weighted by Crippen LogP contribution is -2.41. The summed E-state index contributed by atoms with van der Waals surface area (Å²) in [5.41, 5.74) is 0. The SMILES string of the molecule is CCCCCC1CCCC2(OCCO2)O1. The Morgan fingerprint density at radius 2 is 2.00 bits per heavy atom. The molecule has 0 N–H and O–H groups in total. The lowest BCUT2D eigenvalue weighted by molar-refractivity contribution is -0.364. The van der Waals surface area contributed by atoms with Gasteiger partial charge in [0.1, 0.15) is 0 Å². The van der Waals surface area contributed by atoms with E-state index in [4.69, 9.17) is 14.2 Å². The molecule has 88 valence electrons. The third-order valence-electron chi connectivity index (χ3n) is 3.21. The van der Waals surface area contributed by atoms with Gasteiger partial charge in [-0.05, 0) is 19.3 Å². The second-order valence-corrected chi connectivity index (χ2v) is 4.51. The van der Waals surface area contributed by atoms with Gasteiger partial charge in [0, 0.05) is 6.42 Å². The van der Waals surface area contributed by atoms with Crippen molar-refractivity contribution in [2.45, 2.75) is 63.9 Å². The van der Waals surface area contributed by atoms with E-state index in [0.717, 1.165) is 25.7 Å². The van der Waals surface area contributed by atoms with E-state index in [0.29, 0.717) is 19.3 Å². The Morgan fingerprint density at radius 1 is 1.20 bits per heavy atom. The normalized spacial score (nSPS) is 29.8. The first-order valence-electron chi connectivity index (χ1n) is 6.30. The molecule has 0 radical (unpaired) electrons. The van der Waals surface area contributed by atoms with Crippen molar-refractivity contribution < 1.29 is 14.2 Å². The predicted octanol–water partition coefficient (Wildman–Crippen LogP) is 2.84. The topological polar surface area (TPSA) is 27.7 Å². The van der Waals surface area contributed by atoms with Gasteiger partial charge in [0.2, 0.25) is 0 Å². The minimum Gasteiger partial charge on any atom is -0.325 e. The van der Waals surface area contributed by atoms with Crippen LogP contribution in [0.2, 0.25) is 0 Å². The second-order valence-electron chi connectivity index (χ2n) is 4.51. The lowest BCUT2D eigenvalue weighted by atomic mass is 10.0. The summed E-state index contributed by atoms with van der Waals surface area (Å²) in [6, 6.07) is 0. The van der Waals surface area contributed by atoms with Gasteiger partial charge in [-0.3, -0.25) is 0 Å². The predicted molar refractivity (Wildman–Crippen MR) is 57.5 cm³/mol. The summed E-state index contributed by atoms with van der Waals surface area (Å²) in [5.74, 6) is -0.658. The molecule has 2 heterocycles. The van der Waals surface area contributed by atoms with E-state index in [1.54, 1.807) is 0 Å². The monoisotopic (exact) mass is 214 g/mol. The average Bonchev–Trinajstić information content (AvgIpc) is 2.67. The van der Waals surface area contributed by atoms with Crippen LogP contribution in [0, 0.1) is 0 Å². The van der Waals surface area contributed by atoms with E-state index in [9.17, 15) is 0 Å². The fraction of sp³-hybridized carbons (Fsp3) is 1.00. The van der Waals surface area contributed by atoms with Crippen molar-refractivity contribution in [3.05, 3.63) is 0 Å². The molecule has 0 aromatic carbocycles. The molecule has 0 amide bonds. The van der Waals surface area contributed by atoms with Gasteiger partial charge in [-0.2, -0.15) is 0 Å². The molecule has 0 bridgehead atoms. The summed E-state index contributed by atoms with van der Waals surface area (Å²) >= 11 is 0. The molecule has 2 fully saturated rings. The summed E-state index contributed by atoms with van der Waals surface area (Å²) < 4.78 is 17.1. The molecule has 0 aliphatic carbocycles. The van der Waals surface area contributed by atoms with Crippen LogP contribution >= 0.6 is 0 Å². The van der Waals surface area contributed by atoms with Crippen molar-refractivity contribution in [2.75, 3.05) is 13.2 Å². The van der Waals surface area contributed by atoms with Gasteiger partial charge in [-0.1, -0.05) is 26.2 Å². The van der Waals surface area contributed by atoms with Gasteiger partial charge in [0.15, 0.2) is 0 Å². The van der Waals surface area contributed by atoms with Crippen LogP contribution in [-0.4, -0.2) is 25.3 Å². The van der Waals surface area contributed by atoms with Crippen LogP contribution in [-0.2, 0) is 14.2 Å². The van der Waals surface area contributed by atoms with Crippen LogP contribution in [0.25, 0.3) is 0 Å². The molecule has 2 aliphatic rings. The van der Waals surface area contributed by atoms with Gasteiger partial charge < -0.3 is 14.2 Å². The Labute approximate surface area is 92.1 Å². The Hall–Kier alpha value is -0.120. The first-order valence-corrected chi connectivity index (χ1v) is 6.30. The van der Waals surface area contributed by atoms with Crippen molar-refractivity contribution in [3.8, 4) is 0 Å². The molecule has 1 atom stereocenters. The highest BCUT2D eigenvalue weighted by atomic mass is 16.9.